The molecule has 1 aromatic heterocycles. The molecule has 1 aromatic rings. The highest BCUT2D eigenvalue weighted by molar-refractivity contribution is 7.80. The van der Waals surface area contributed by atoms with Crippen LogP contribution in [-0.2, 0) is 9.53 Å². The van der Waals surface area contributed by atoms with E-state index in [0.717, 1.165) is 0 Å². The van der Waals surface area contributed by atoms with Gasteiger partial charge in [-0.3, -0.25) is 9.78 Å². The predicted molar refractivity (Wildman–Crippen MR) is 80.6 cm³/mol. The Bertz CT molecular complexity index is 503. The average Bonchev–Trinajstić information content (AvgIpc) is 2.47. The first-order valence-corrected chi connectivity index (χ1v) is 6.88. The molecule has 7 heteroatoms. The topological polar surface area (TPSA) is 80.5 Å². The first-order chi connectivity index (χ1) is 9.59. The molecule has 6 nitrogen and oxygen atoms in total. The second-order valence-electron chi connectivity index (χ2n) is 4.57. The van der Waals surface area contributed by atoms with Crippen LogP contribution in [0.15, 0.2) is 18.3 Å². The van der Waals surface area contributed by atoms with Crippen molar-refractivity contribution < 1.29 is 9.53 Å². The highest BCUT2D eigenvalue weighted by Gasteiger charge is 2.23. The summed E-state index contributed by atoms with van der Waals surface area (Å²) < 4.78 is 5.24. The molecule has 0 aromatic carbocycles. The SMILES string of the molecule is CC(Nc1cccnc1C(N)=S)C(=O)N1CCOCC1. The molecular formula is C13H18N4O2S. The molecule has 0 saturated carbocycles. The third kappa shape index (κ3) is 3.43. The van der Waals surface area contributed by atoms with Crippen LogP contribution in [0.1, 0.15) is 12.6 Å². The highest BCUT2D eigenvalue weighted by Crippen LogP contribution is 2.14. The number of anilines is 1. The molecule has 3 N–H and O–H groups in total. The minimum atomic E-state index is -0.370. The number of nitrogens with one attached hydrogen (secondary N) is 1. The highest BCUT2D eigenvalue weighted by atomic mass is 32.1. The van der Waals surface area contributed by atoms with Crippen LogP contribution < -0.4 is 11.1 Å². The number of rotatable bonds is 4. The second-order valence-corrected chi connectivity index (χ2v) is 5.01. The van der Waals surface area contributed by atoms with Crippen LogP contribution in [0.5, 0.6) is 0 Å². The molecular weight excluding hydrogens is 276 g/mol. The molecule has 0 radical (unpaired) electrons. The number of pyridine rings is 1. The van der Waals surface area contributed by atoms with E-state index in [1.165, 1.54) is 0 Å². The molecule has 0 bridgehead atoms. The second kappa shape index (κ2) is 6.62. The number of carbonyl (C=O) groups is 1. The lowest BCUT2D eigenvalue weighted by atomic mass is 10.2. The molecule has 1 amide bonds. The molecule has 2 heterocycles. The van der Waals surface area contributed by atoms with Crippen molar-refractivity contribution in [1.82, 2.24) is 9.88 Å². The summed E-state index contributed by atoms with van der Waals surface area (Å²) in [6.45, 7) is 4.24. The first-order valence-electron chi connectivity index (χ1n) is 6.47. The fourth-order valence-corrected chi connectivity index (χ4v) is 2.23. The van der Waals surface area contributed by atoms with Crippen molar-refractivity contribution >= 4 is 28.8 Å². The van der Waals surface area contributed by atoms with Gasteiger partial charge in [-0.2, -0.15) is 0 Å². The predicted octanol–water partition coefficient (Wildman–Crippen LogP) is 0.375. The van der Waals surface area contributed by atoms with Crippen molar-refractivity contribution in [2.75, 3.05) is 31.6 Å². The number of nitrogens with zero attached hydrogens (tertiary/aromatic N) is 2. The summed E-state index contributed by atoms with van der Waals surface area (Å²) in [5.74, 6) is 0.0334. The van der Waals surface area contributed by atoms with Crippen LogP contribution in [0.3, 0.4) is 0 Å². The Labute approximate surface area is 123 Å². The lowest BCUT2D eigenvalue weighted by Crippen LogP contribution is -2.47. The molecule has 1 fully saturated rings. The molecule has 1 unspecified atom stereocenters. The van der Waals surface area contributed by atoms with Gasteiger partial charge in [0.05, 0.1) is 18.9 Å². The van der Waals surface area contributed by atoms with Crippen molar-refractivity contribution in [1.29, 1.82) is 0 Å². The Hall–Kier alpha value is -1.73. The van der Waals surface area contributed by atoms with E-state index in [9.17, 15) is 4.79 Å². The lowest BCUT2D eigenvalue weighted by Gasteiger charge is -2.30. The van der Waals surface area contributed by atoms with Gasteiger partial charge in [0.25, 0.3) is 0 Å². The quantitative estimate of drug-likeness (QED) is 0.781. The molecule has 2 rings (SSSR count). The number of carbonyl (C=O) groups excluding carboxylic acids is 1. The molecule has 0 spiro atoms. The molecule has 0 aliphatic carbocycles. The molecule has 1 aliphatic rings. The van der Waals surface area contributed by atoms with Gasteiger partial charge in [0.1, 0.15) is 16.7 Å². The number of hydrogen-bond donors (Lipinski definition) is 2. The third-order valence-corrected chi connectivity index (χ3v) is 3.30. The standard InChI is InChI=1S/C13H18N4O2S/c1-9(13(18)17-5-7-19-8-6-17)16-10-3-2-4-15-11(10)12(14)20/h2-4,9,16H,5-8H2,1H3,(H2,14,20). The number of ether oxygens (including phenoxy) is 1. The third-order valence-electron chi connectivity index (χ3n) is 3.11. The fourth-order valence-electron chi connectivity index (χ4n) is 2.07. The maximum Gasteiger partial charge on any atom is 0.244 e. The normalized spacial score (nSPS) is 16.6. The smallest absolute Gasteiger partial charge is 0.244 e. The lowest BCUT2D eigenvalue weighted by molar-refractivity contribution is -0.135. The van der Waals surface area contributed by atoms with Crippen molar-refractivity contribution in [3.05, 3.63) is 24.0 Å². The summed E-state index contributed by atoms with van der Waals surface area (Å²) >= 11 is 4.96. The summed E-state index contributed by atoms with van der Waals surface area (Å²) in [7, 11) is 0. The van der Waals surface area contributed by atoms with Gasteiger partial charge in [0.2, 0.25) is 5.91 Å². The Balaban J connectivity index is 2.05. The van der Waals surface area contributed by atoms with Crippen molar-refractivity contribution in [3.63, 3.8) is 0 Å². The Kier molecular flexibility index (Phi) is 4.86. The Morgan fingerprint density at radius 2 is 2.25 bits per heavy atom. The van der Waals surface area contributed by atoms with Crippen LogP contribution >= 0.6 is 12.2 Å². The van der Waals surface area contributed by atoms with E-state index >= 15 is 0 Å². The molecule has 20 heavy (non-hydrogen) atoms. The largest absolute Gasteiger partial charge is 0.388 e. The van der Waals surface area contributed by atoms with E-state index in [1.807, 2.05) is 13.0 Å². The monoisotopic (exact) mass is 294 g/mol. The first kappa shape index (κ1) is 14.7. The zero-order chi connectivity index (χ0) is 14.5. The number of nitrogens with two attached hydrogens (primary N) is 1. The van der Waals surface area contributed by atoms with E-state index in [4.69, 9.17) is 22.7 Å². The Morgan fingerprint density at radius 3 is 2.90 bits per heavy atom. The molecule has 1 atom stereocenters. The average molecular weight is 294 g/mol. The summed E-state index contributed by atoms with van der Waals surface area (Å²) in [6.07, 6.45) is 1.62. The molecule has 1 saturated heterocycles. The van der Waals surface area contributed by atoms with Crippen LogP contribution in [0.2, 0.25) is 0 Å². The minimum Gasteiger partial charge on any atom is -0.388 e. The Morgan fingerprint density at radius 1 is 1.55 bits per heavy atom. The van der Waals surface area contributed by atoms with E-state index in [1.54, 1.807) is 17.2 Å². The number of amides is 1. The summed E-state index contributed by atoms with van der Waals surface area (Å²) in [5, 5.41) is 3.13. The van der Waals surface area contributed by atoms with Crippen molar-refractivity contribution in [3.8, 4) is 0 Å². The van der Waals surface area contributed by atoms with E-state index < -0.39 is 0 Å². The van der Waals surface area contributed by atoms with Gasteiger partial charge >= 0.3 is 0 Å². The van der Waals surface area contributed by atoms with Crippen LogP contribution in [0, 0.1) is 0 Å². The van der Waals surface area contributed by atoms with Crippen molar-refractivity contribution in [2.45, 2.75) is 13.0 Å². The maximum absolute atomic E-state index is 12.3. The molecule has 108 valence electrons. The van der Waals surface area contributed by atoms with Crippen LogP contribution in [0.25, 0.3) is 0 Å². The van der Waals surface area contributed by atoms with Gasteiger partial charge in [-0.25, -0.2) is 0 Å². The van der Waals surface area contributed by atoms with Gasteiger partial charge in [0.15, 0.2) is 0 Å². The number of thiocarbonyl (C=S) groups is 1. The maximum atomic E-state index is 12.3. The van der Waals surface area contributed by atoms with Crippen LogP contribution in [0.4, 0.5) is 5.69 Å². The van der Waals surface area contributed by atoms with E-state index in [0.29, 0.717) is 37.7 Å². The zero-order valence-corrected chi connectivity index (χ0v) is 12.2. The summed E-state index contributed by atoms with van der Waals surface area (Å²) in [6, 6.07) is 3.21. The zero-order valence-electron chi connectivity index (χ0n) is 11.3. The van der Waals surface area contributed by atoms with Crippen LogP contribution in [-0.4, -0.2) is 53.1 Å². The number of hydrogen-bond acceptors (Lipinski definition) is 5. The summed E-state index contributed by atoms with van der Waals surface area (Å²) in [5.41, 5.74) is 6.81. The van der Waals surface area contributed by atoms with Crippen molar-refractivity contribution in [2.24, 2.45) is 5.73 Å². The van der Waals surface area contributed by atoms with Gasteiger partial charge in [0, 0.05) is 19.3 Å². The number of aromatic nitrogens is 1. The summed E-state index contributed by atoms with van der Waals surface area (Å²) in [4.78, 5) is 18.4. The van der Waals surface area contributed by atoms with E-state index in [-0.39, 0.29) is 16.9 Å². The fraction of sp³-hybridized carbons (Fsp3) is 0.462. The van der Waals surface area contributed by atoms with Gasteiger partial charge < -0.3 is 20.7 Å². The van der Waals surface area contributed by atoms with Gasteiger partial charge in [-0.1, -0.05) is 12.2 Å². The minimum absolute atomic E-state index is 0.0334. The van der Waals surface area contributed by atoms with Gasteiger partial charge in [-0.15, -0.1) is 0 Å². The van der Waals surface area contributed by atoms with E-state index in [2.05, 4.69) is 10.3 Å². The van der Waals surface area contributed by atoms with Gasteiger partial charge in [-0.05, 0) is 19.1 Å². The number of morpholine rings is 1. The molecule has 1 aliphatic heterocycles.